The molecule has 3 rings (SSSR count). The molecule has 0 saturated carbocycles. The molecule has 1 unspecified atom stereocenters. The van der Waals surface area contributed by atoms with Crippen molar-refractivity contribution in [2.75, 3.05) is 6.61 Å². The molecule has 0 aliphatic carbocycles. The Morgan fingerprint density at radius 3 is 2.31 bits per heavy atom. The van der Waals surface area contributed by atoms with Gasteiger partial charge in [0.2, 0.25) is 5.91 Å². The zero-order valence-corrected chi connectivity index (χ0v) is 17.8. The molecule has 4 nitrogen and oxygen atoms in total. The van der Waals surface area contributed by atoms with E-state index >= 15 is 0 Å². The van der Waals surface area contributed by atoms with Crippen LogP contribution >= 0.6 is 0 Å². The van der Waals surface area contributed by atoms with Gasteiger partial charge in [0.15, 0.2) is 0 Å². The Kier molecular flexibility index (Phi) is 6.42. The molecule has 1 amide bonds. The summed E-state index contributed by atoms with van der Waals surface area (Å²) >= 11 is 0. The van der Waals surface area contributed by atoms with Crippen LogP contribution in [0.5, 0.6) is 17.2 Å². The Morgan fingerprint density at radius 2 is 1.62 bits per heavy atom. The molecule has 0 aromatic heterocycles. The van der Waals surface area contributed by atoms with Gasteiger partial charge in [0.25, 0.3) is 0 Å². The largest absolute Gasteiger partial charge is 0.493 e. The van der Waals surface area contributed by atoms with Crippen molar-refractivity contribution in [3.8, 4) is 17.2 Å². The van der Waals surface area contributed by atoms with Crippen molar-refractivity contribution in [3.63, 3.8) is 0 Å². The van der Waals surface area contributed by atoms with Crippen LogP contribution in [0.25, 0.3) is 10.8 Å². The van der Waals surface area contributed by atoms with Gasteiger partial charge in [-0.1, -0.05) is 32.0 Å². The molecule has 1 atom stereocenters. The minimum atomic E-state index is -0.0302. The van der Waals surface area contributed by atoms with Gasteiger partial charge in [-0.2, -0.15) is 0 Å². The molecule has 1 N–H and O–H groups in total. The molecule has 0 radical (unpaired) electrons. The quantitative estimate of drug-likeness (QED) is 0.524. The average molecular weight is 392 g/mol. The van der Waals surface area contributed by atoms with Crippen LogP contribution < -0.4 is 14.8 Å². The summed E-state index contributed by atoms with van der Waals surface area (Å²) in [6.07, 6.45) is 0. The van der Waals surface area contributed by atoms with Gasteiger partial charge >= 0.3 is 0 Å². The number of amides is 1. The van der Waals surface area contributed by atoms with E-state index in [1.54, 1.807) is 0 Å². The van der Waals surface area contributed by atoms with Crippen molar-refractivity contribution in [1.29, 1.82) is 0 Å². The highest BCUT2D eigenvalue weighted by atomic mass is 16.5. The van der Waals surface area contributed by atoms with E-state index in [0.717, 1.165) is 39.1 Å². The molecule has 0 spiro atoms. The molecule has 0 aliphatic heterocycles. The van der Waals surface area contributed by atoms with Gasteiger partial charge in [0.05, 0.1) is 12.6 Å². The summed E-state index contributed by atoms with van der Waals surface area (Å²) in [5, 5.41) is 5.13. The van der Waals surface area contributed by atoms with Crippen LogP contribution in [0.2, 0.25) is 0 Å². The first-order valence-electron chi connectivity index (χ1n) is 10.0. The monoisotopic (exact) mass is 391 g/mol. The normalized spacial score (nSPS) is 12.1. The third-order valence-electron chi connectivity index (χ3n) is 4.71. The molecule has 4 heteroatoms. The predicted octanol–water partition coefficient (Wildman–Crippen LogP) is 6.17. The number of fused-ring (bicyclic) bond motifs is 1. The van der Waals surface area contributed by atoms with Crippen LogP contribution in [-0.4, -0.2) is 12.5 Å². The second-order valence-electron chi connectivity index (χ2n) is 7.92. The standard InChI is InChI=1S/C25H29NO3/c1-16(2)15-28-23-10-11-25(17(3)12-23)29-24-9-8-21-13-20(6-7-22(21)14-24)18(4)26-19(5)27/h6-14,16,18H,15H2,1-5H3,(H,26,27). The lowest BCUT2D eigenvalue weighted by molar-refractivity contribution is -0.119. The van der Waals surface area contributed by atoms with Crippen LogP contribution in [0, 0.1) is 12.8 Å². The molecule has 0 saturated heterocycles. The van der Waals surface area contributed by atoms with E-state index < -0.39 is 0 Å². The highest BCUT2D eigenvalue weighted by Gasteiger charge is 2.09. The van der Waals surface area contributed by atoms with Crippen molar-refractivity contribution in [2.24, 2.45) is 5.92 Å². The highest BCUT2D eigenvalue weighted by molar-refractivity contribution is 5.85. The van der Waals surface area contributed by atoms with Gasteiger partial charge in [-0.3, -0.25) is 4.79 Å². The van der Waals surface area contributed by atoms with Crippen molar-refractivity contribution in [3.05, 3.63) is 65.7 Å². The second-order valence-corrected chi connectivity index (χ2v) is 7.92. The number of carbonyl (C=O) groups excluding carboxylic acids is 1. The minimum Gasteiger partial charge on any atom is -0.493 e. The SMILES string of the molecule is CC(=O)NC(C)c1ccc2cc(Oc3ccc(OCC(C)C)cc3C)ccc2c1. The second kappa shape index (κ2) is 8.99. The maximum absolute atomic E-state index is 11.3. The summed E-state index contributed by atoms with van der Waals surface area (Å²) < 4.78 is 11.9. The average Bonchev–Trinajstić information content (AvgIpc) is 2.67. The van der Waals surface area contributed by atoms with Crippen molar-refractivity contribution >= 4 is 16.7 Å². The van der Waals surface area contributed by atoms with Crippen LogP contribution in [0.4, 0.5) is 0 Å². The van der Waals surface area contributed by atoms with E-state index in [-0.39, 0.29) is 11.9 Å². The number of hydrogen-bond acceptors (Lipinski definition) is 3. The minimum absolute atomic E-state index is 0.0214. The number of aryl methyl sites for hydroxylation is 1. The molecule has 0 heterocycles. The van der Waals surface area contributed by atoms with Gasteiger partial charge in [0.1, 0.15) is 17.2 Å². The van der Waals surface area contributed by atoms with Crippen LogP contribution in [-0.2, 0) is 4.79 Å². The number of nitrogens with one attached hydrogen (secondary N) is 1. The van der Waals surface area contributed by atoms with E-state index in [9.17, 15) is 4.79 Å². The summed E-state index contributed by atoms with van der Waals surface area (Å²) in [7, 11) is 0. The van der Waals surface area contributed by atoms with Crippen molar-refractivity contribution < 1.29 is 14.3 Å². The summed E-state index contributed by atoms with van der Waals surface area (Å²) in [5.74, 6) is 2.93. The molecule has 152 valence electrons. The molecule has 0 aliphatic rings. The highest BCUT2D eigenvalue weighted by Crippen LogP contribution is 2.31. The molecule has 29 heavy (non-hydrogen) atoms. The van der Waals surface area contributed by atoms with E-state index in [0.29, 0.717) is 12.5 Å². The van der Waals surface area contributed by atoms with Crippen molar-refractivity contribution in [1.82, 2.24) is 5.32 Å². The summed E-state index contributed by atoms with van der Waals surface area (Å²) in [4.78, 5) is 11.3. The number of benzene rings is 3. The third-order valence-corrected chi connectivity index (χ3v) is 4.71. The Bertz CT molecular complexity index is 1010. The maximum Gasteiger partial charge on any atom is 0.217 e. The fraction of sp³-hybridized carbons (Fsp3) is 0.320. The van der Waals surface area contributed by atoms with E-state index in [1.165, 1.54) is 6.92 Å². The Balaban J connectivity index is 1.76. The molecule has 3 aromatic carbocycles. The first-order valence-corrected chi connectivity index (χ1v) is 10.0. The lowest BCUT2D eigenvalue weighted by Crippen LogP contribution is -2.23. The Labute approximate surface area is 172 Å². The van der Waals surface area contributed by atoms with Crippen LogP contribution in [0.1, 0.15) is 44.9 Å². The molecular weight excluding hydrogens is 362 g/mol. The van der Waals surface area contributed by atoms with Crippen LogP contribution in [0.15, 0.2) is 54.6 Å². The number of carbonyl (C=O) groups is 1. The fourth-order valence-electron chi connectivity index (χ4n) is 3.18. The Morgan fingerprint density at radius 1 is 0.931 bits per heavy atom. The van der Waals surface area contributed by atoms with Gasteiger partial charge in [-0.15, -0.1) is 0 Å². The van der Waals surface area contributed by atoms with Gasteiger partial charge in [0, 0.05) is 6.92 Å². The van der Waals surface area contributed by atoms with E-state index in [2.05, 4.69) is 31.3 Å². The number of ether oxygens (including phenoxy) is 2. The zero-order valence-electron chi connectivity index (χ0n) is 17.8. The first kappa shape index (κ1) is 20.7. The van der Waals surface area contributed by atoms with Gasteiger partial charge < -0.3 is 14.8 Å². The van der Waals surface area contributed by atoms with Crippen LogP contribution in [0.3, 0.4) is 0 Å². The fourth-order valence-corrected chi connectivity index (χ4v) is 3.18. The lowest BCUT2D eigenvalue weighted by Gasteiger charge is -2.15. The number of rotatable bonds is 7. The molecular formula is C25H29NO3. The topological polar surface area (TPSA) is 47.6 Å². The third kappa shape index (κ3) is 5.50. The zero-order chi connectivity index (χ0) is 21.0. The first-order chi connectivity index (χ1) is 13.8. The Hall–Kier alpha value is -3.01. The predicted molar refractivity (Wildman–Crippen MR) is 118 cm³/mol. The molecule has 3 aromatic rings. The summed E-state index contributed by atoms with van der Waals surface area (Å²) in [6.45, 7) is 10.5. The van der Waals surface area contributed by atoms with Gasteiger partial charge in [-0.25, -0.2) is 0 Å². The van der Waals surface area contributed by atoms with E-state index in [1.807, 2.05) is 56.3 Å². The molecule has 0 fully saturated rings. The number of hydrogen-bond donors (Lipinski definition) is 1. The smallest absolute Gasteiger partial charge is 0.217 e. The summed E-state index contributed by atoms with van der Waals surface area (Å²) in [5.41, 5.74) is 2.11. The van der Waals surface area contributed by atoms with Crippen molar-refractivity contribution in [2.45, 2.75) is 40.7 Å². The van der Waals surface area contributed by atoms with Gasteiger partial charge in [-0.05, 0) is 78.1 Å². The summed E-state index contributed by atoms with van der Waals surface area (Å²) in [6, 6.07) is 18.1. The lowest BCUT2D eigenvalue weighted by atomic mass is 10.0. The van der Waals surface area contributed by atoms with E-state index in [4.69, 9.17) is 9.47 Å². The maximum atomic E-state index is 11.3. The molecule has 0 bridgehead atoms.